The first-order valence-electron chi connectivity index (χ1n) is 11.2. The van der Waals surface area contributed by atoms with E-state index >= 15 is 0 Å². The number of allylic oxidation sites excluding steroid dienone is 2. The van der Waals surface area contributed by atoms with E-state index in [0.717, 1.165) is 5.92 Å². The third-order valence-corrected chi connectivity index (χ3v) is 4.99. The lowest BCUT2D eigenvalue weighted by atomic mass is 9.76. The molecule has 0 aliphatic heterocycles. The molecule has 0 rings (SSSR count). The van der Waals surface area contributed by atoms with Gasteiger partial charge in [0, 0.05) is 0 Å². The molecule has 152 valence electrons. The third kappa shape index (κ3) is 21.7. The van der Waals surface area contributed by atoms with Crippen LogP contribution in [-0.4, -0.2) is 0 Å². The van der Waals surface area contributed by atoms with Gasteiger partial charge in [-0.15, -0.1) is 0 Å². The number of hydrogen-bond donors (Lipinski definition) is 0. The summed E-state index contributed by atoms with van der Waals surface area (Å²) in [5.74, 6) is 0.920. The molecule has 0 saturated carbocycles. The Labute approximate surface area is 162 Å². The first-order chi connectivity index (χ1) is 11.6. The maximum Gasteiger partial charge on any atom is -0.0302 e. The van der Waals surface area contributed by atoms with Gasteiger partial charge in [0.15, 0.2) is 0 Å². The minimum absolute atomic E-state index is 0.458. The van der Waals surface area contributed by atoms with Crippen molar-refractivity contribution in [1.82, 2.24) is 0 Å². The zero-order valence-electron chi connectivity index (χ0n) is 19.5. The monoisotopic (exact) mass is 352 g/mol. The van der Waals surface area contributed by atoms with Crippen LogP contribution in [0.2, 0.25) is 0 Å². The Morgan fingerprint density at radius 2 is 1.24 bits per heavy atom. The van der Waals surface area contributed by atoms with Crippen molar-refractivity contribution in [3.8, 4) is 0 Å². The molecular formula is C25H52. The summed E-state index contributed by atoms with van der Waals surface area (Å²) in [7, 11) is 0. The van der Waals surface area contributed by atoms with Gasteiger partial charge in [-0.3, -0.25) is 0 Å². The SMILES string of the molecule is CCCCCC(CC)C(C)(C)C.CCCCCC/C=C\CC(C)(C)C. The maximum atomic E-state index is 2.37. The van der Waals surface area contributed by atoms with Crippen LogP contribution in [0.4, 0.5) is 0 Å². The zero-order chi connectivity index (χ0) is 19.8. The van der Waals surface area contributed by atoms with E-state index in [2.05, 4.69) is 74.5 Å². The van der Waals surface area contributed by atoms with Crippen molar-refractivity contribution in [1.29, 1.82) is 0 Å². The first kappa shape index (κ1) is 27.0. The minimum atomic E-state index is 0.458. The Bertz CT molecular complexity index is 284. The minimum Gasteiger partial charge on any atom is -0.0885 e. The zero-order valence-corrected chi connectivity index (χ0v) is 19.5. The fraction of sp³-hybridized carbons (Fsp3) is 0.920. The highest BCUT2D eigenvalue weighted by atomic mass is 14.3. The second-order valence-electron chi connectivity index (χ2n) is 10.1. The Hall–Kier alpha value is -0.260. The van der Waals surface area contributed by atoms with Crippen LogP contribution in [0.25, 0.3) is 0 Å². The van der Waals surface area contributed by atoms with Crippen LogP contribution in [0.1, 0.15) is 133 Å². The van der Waals surface area contributed by atoms with Crippen molar-refractivity contribution < 1.29 is 0 Å². The summed E-state index contributed by atoms with van der Waals surface area (Å²) in [6.45, 7) is 20.8. The molecule has 0 heteroatoms. The molecule has 0 aromatic heterocycles. The van der Waals surface area contributed by atoms with Crippen molar-refractivity contribution in [3.05, 3.63) is 12.2 Å². The summed E-state index contributed by atoms with van der Waals surface area (Å²) >= 11 is 0. The average Bonchev–Trinajstić information content (AvgIpc) is 2.49. The molecule has 0 aliphatic carbocycles. The Kier molecular flexibility index (Phi) is 17.2. The molecule has 0 spiro atoms. The Morgan fingerprint density at radius 1 is 0.680 bits per heavy atom. The standard InChI is InChI=1S/C13H26.C12H26/c1-5-6-7-8-9-10-11-12-13(2,3)4;1-6-8-9-10-11(7-2)12(3,4)5/h10-11H,5-9,12H2,1-4H3;11H,6-10H2,1-5H3/b11-10-;. The van der Waals surface area contributed by atoms with Crippen molar-refractivity contribution in [3.63, 3.8) is 0 Å². The van der Waals surface area contributed by atoms with E-state index < -0.39 is 0 Å². The van der Waals surface area contributed by atoms with E-state index in [1.807, 2.05) is 0 Å². The molecule has 1 unspecified atom stereocenters. The molecule has 0 aliphatic rings. The van der Waals surface area contributed by atoms with Crippen LogP contribution >= 0.6 is 0 Å². The molecule has 0 aromatic carbocycles. The van der Waals surface area contributed by atoms with Crippen LogP contribution in [0.5, 0.6) is 0 Å². The lowest BCUT2D eigenvalue weighted by Crippen LogP contribution is -2.19. The van der Waals surface area contributed by atoms with Crippen LogP contribution in [0.15, 0.2) is 12.2 Å². The summed E-state index contributed by atoms with van der Waals surface area (Å²) in [4.78, 5) is 0. The molecule has 25 heavy (non-hydrogen) atoms. The smallest absolute Gasteiger partial charge is 0.0302 e. The predicted molar refractivity (Wildman–Crippen MR) is 119 cm³/mol. The van der Waals surface area contributed by atoms with Crippen LogP contribution in [0.3, 0.4) is 0 Å². The highest BCUT2D eigenvalue weighted by molar-refractivity contribution is 4.85. The van der Waals surface area contributed by atoms with Gasteiger partial charge in [0.25, 0.3) is 0 Å². The Morgan fingerprint density at radius 3 is 1.68 bits per heavy atom. The van der Waals surface area contributed by atoms with Gasteiger partial charge in [-0.1, -0.05) is 119 Å². The quantitative estimate of drug-likeness (QED) is 0.256. The van der Waals surface area contributed by atoms with Gasteiger partial charge in [0.2, 0.25) is 0 Å². The van der Waals surface area contributed by atoms with Crippen molar-refractivity contribution in [2.45, 2.75) is 133 Å². The highest BCUT2D eigenvalue weighted by Gasteiger charge is 2.21. The molecule has 1 atom stereocenters. The lowest BCUT2D eigenvalue weighted by molar-refractivity contribution is 0.213. The molecule has 0 saturated heterocycles. The van der Waals surface area contributed by atoms with Gasteiger partial charge in [-0.05, 0) is 42.4 Å². The summed E-state index contributed by atoms with van der Waals surface area (Å²) in [5, 5.41) is 0. The van der Waals surface area contributed by atoms with E-state index in [1.165, 1.54) is 70.6 Å². The molecular weight excluding hydrogens is 300 g/mol. The second kappa shape index (κ2) is 16.0. The second-order valence-corrected chi connectivity index (χ2v) is 10.1. The number of unbranched alkanes of at least 4 members (excludes halogenated alkanes) is 6. The summed E-state index contributed by atoms with van der Waals surface area (Å²) < 4.78 is 0. The Balaban J connectivity index is 0. The van der Waals surface area contributed by atoms with Gasteiger partial charge < -0.3 is 0 Å². The van der Waals surface area contributed by atoms with Crippen molar-refractivity contribution in [2.24, 2.45) is 16.7 Å². The molecule has 0 heterocycles. The van der Waals surface area contributed by atoms with Crippen LogP contribution < -0.4 is 0 Å². The lowest BCUT2D eigenvalue weighted by Gasteiger charge is -2.29. The van der Waals surface area contributed by atoms with Crippen LogP contribution in [-0.2, 0) is 0 Å². The largest absolute Gasteiger partial charge is 0.0885 e. The topological polar surface area (TPSA) is 0 Å². The molecule has 0 fully saturated rings. The summed E-state index contributed by atoms with van der Waals surface area (Å²) in [5.41, 5.74) is 0.975. The molecule has 0 aromatic rings. The molecule has 0 bridgehead atoms. The van der Waals surface area contributed by atoms with Gasteiger partial charge >= 0.3 is 0 Å². The maximum absolute atomic E-state index is 2.37. The van der Waals surface area contributed by atoms with Gasteiger partial charge in [-0.2, -0.15) is 0 Å². The third-order valence-electron chi connectivity index (χ3n) is 4.99. The predicted octanol–water partition coefficient (Wildman–Crippen LogP) is 9.59. The van der Waals surface area contributed by atoms with E-state index in [1.54, 1.807) is 0 Å². The van der Waals surface area contributed by atoms with E-state index in [4.69, 9.17) is 0 Å². The summed E-state index contributed by atoms with van der Waals surface area (Å²) in [6.07, 6.45) is 19.6. The van der Waals surface area contributed by atoms with Crippen LogP contribution in [0, 0.1) is 16.7 Å². The van der Waals surface area contributed by atoms with Crippen molar-refractivity contribution in [2.75, 3.05) is 0 Å². The molecule has 0 radical (unpaired) electrons. The fourth-order valence-electron chi connectivity index (χ4n) is 3.13. The van der Waals surface area contributed by atoms with Gasteiger partial charge in [0.05, 0.1) is 0 Å². The number of rotatable bonds is 11. The first-order valence-corrected chi connectivity index (χ1v) is 11.2. The average molecular weight is 353 g/mol. The van der Waals surface area contributed by atoms with Gasteiger partial charge in [0.1, 0.15) is 0 Å². The number of hydrogen-bond acceptors (Lipinski definition) is 0. The van der Waals surface area contributed by atoms with E-state index in [0.29, 0.717) is 10.8 Å². The van der Waals surface area contributed by atoms with Gasteiger partial charge in [-0.25, -0.2) is 0 Å². The molecule has 0 amide bonds. The van der Waals surface area contributed by atoms with E-state index in [-0.39, 0.29) is 0 Å². The van der Waals surface area contributed by atoms with E-state index in [9.17, 15) is 0 Å². The molecule has 0 nitrogen and oxygen atoms in total. The summed E-state index contributed by atoms with van der Waals surface area (Å²) in [6, 6.07) is 0. The molecule has 0 N–H and O–H groups in total. The highest BCUT2D eigenvalue weighted by Crippen LogP contribution is 2.32. The fourth-order valence-corrected chi connectivity index (χ4v) is 3.13. The normalized spacial score (nSPS) is 13.6. The van der Waals surface area contributed by atoms with Crippen molar-refractivity contribution >= 4 is 0 Å².